The Morgan fingerprint density at radius 1 is 1.03 bits per heavy atom. The highest BCUT2D eigenvalue weighted by molar-refractivity contribution is 5.86. The molecule has 2 aromatic carbocycles. The lowest BCUT2D eigenvalue weighted by molar-refractivity contribution is -0.133. The minimum absolute atomic E-state index is 0.177. The minimum atomic E-state index is -0.177. The molecule has 1 aliphatic heterocycles. The third-order valence-corrected chi connectivity index (χ3v) is 6.02. The molecule has 5 rings (SSSR count). The number of aromatic amines is 1. The molecule has 1 atom stereocenters. The molecule has 0 aliphatic carbocycles. The van der Waals surface area contributed by atoms with Crippen molar-refractivity contribution >= 4 is 16.8 Å². The number of H-pyrrole nitrogens is 1. The van der Waals surface area contributed by atoms with Gasteiger partial charge in [-0.1, -0.05) is 54.6 Å². The van der Waals surface area contributed by atoms with E-state index < -0.39 is 0 Å². The van der Waals surface area contributed by atoms with Gasteiger partial charge in [0.25, 0.3) is 0 Å². The van der Waals surface area contributed by atoms with Gasteiger partial charge >= 0.3 is 0 Å². The quantitative estimate of drug-likeness (QED) is 0.530. The van der Waals surface area contributed by atoms with Gasteiger partial charge in [-0.3, -0.25) is 9.78 Å². The van der Waals surface area contributed by atoms with E-state index in [2.05, 4.69) is 35.3 Å². The number of nitrogens with one attached hydrogen (secondary N) is 1. The Labute approximate surface area is 176 Å². The first-order valence-corrected chi connectivity index (χ1v) is 10.6. The average molecular weight is 396 g/mol. The maximum absolute atomic E-state index is 13.3. The van der Waals surface area contributed by atoms with Crippen molar-refractivity contribution < 1.29 is 4.79 Å². The number of amides is 1. The molecular weight excluding hydrogens is 370 g/mol. The largest absolute Gasteiger partial charge is 0.356 e. The number of rotatable bonds is 4. The van der Waals surface area contributed by atoms with Crippen LogP contribution in [0.5, 0.6) is 0 Å². The van der Waals surface area contributed by atoms with Crippen LogP contribution in [-0.4, -0.2) is 27.3 Å². The summed E-state index contributed by atoms with van der Waals surface area (Å²) in [5, 5.41) is 1.25. The lowest BCUT2D eigenvalue weighted by Crippen LogP contribution is -2.41. The summed E-state index contributed by atoms with van der Waals surface area (Å²) in [6, 6.07) is 24.5. The molecule has 150 valence electrons. The standard InChI is InChI=1S/C26H25N3O/c1-18-8-7-13-23(27-18)26-25-21(20-11-5-6-12-22(20)28-25)16-17-29(26)24(30)15-14-19-9-3-2-4-10-19/h2-13,26,28H,14-17H2,1H3/t26-/m1/s1. The Morgan fingerprint density at radius 3 is 2.67 bits per heavy atom. The van der Waals surface area contributed by atoms with Gasteiger partial charge in [-0.25, -0.2) is 0 Å². The molecule has 1 N–H and O–H groups in total. The first-order chi connectivity index (χ1) is 14.7. The van der Waals surface area contributed by atoms with E-state index in [0.717, 1.165) is 35.4 Å². The molecule has 1 amide bonds. The predicted molar refractivity (Wildman–Crippen MR) is 119 cm³/mol. The van der Waals surface area contributed by atoms with E-state index in [1.807, 2.05) is 54.3 Å². The number of fused-ring (bicyclic) bond motifs is 3. The summed E-state index contributed by atoms with van der Waals surface area (Å²) in [4.78, 5) is 23.8. The fourth-order valence-electron chi connectivity index (χ4n) is 4.57. The number of carbonyl (C=O) groups excluding carboxylic acids is 1. The number of aryl methyl sites for hydroxylation is 2. The highest BCUT2D eigenvalue weighted by Crippen LogP contribution is 2.38. The molecule has 0 spiro atoms. The van der Waals surface area contributed by atoms with Crippen LogP contribution >= 0.6 is 0 Å². The van der Waals surface area contributed by atoms with Gasteiger partial charge in [-0.2, -0.15) is 0 Å². The maximum Gasteiger partial charge on any atom is 0.223 e. The van der Waals surface area contributed by atoms with E-state index in [0.29, 0.717) is 13.0 Å². The van der Waals surface area contributed by atoms with Crippen LogP contribution in [0.1, 0.15) is 40.7 Å². The maximum atomic E-state index is 13.3. The van der Waals surface area contributed by atoms with Crippen molar-refractivity contribution in [2.45, 2.75) is 32.2 Å². The molecule has 0 unspecified atom stereocenters. The topological polar surface area (TPSA) is 49.0 Å². The van der Waals surface area contributed by atoms with Crippen molar-refractivity contribution in [2.24, 2.45) is 0 Å². The second-order valence-corrected chi connectivity index (χ2v) is 7.99. The molecular formula is C26H25N3O. The lowest BCUT2D eigenvalue weighted by atomic mass is 9.94. The van der Waals surface area contributed by atoms with Gasteiger partial charge in [0.05, 0.1) is 5.69 Å². The zero-order valence-electron chi connectivity index (χ0n) is 17.1. The number of para-hydroxylation sites is 1. The summed E-state index contributed by atoms with van der Waals surface area (Å²) in [6.45, 7) is 2.71. The van der Waals surface area contributed by atoms with Gasteiger partial charge in [0.15, 0.2) is 0 Å². The smallest absolute Gasteiger partial charge is 0.223 e. The Balaban J connectivity index is 1.52. The van der Waals surface area contributed by atoms with E-state index in [9.17, 15) is 4.79 Å². The zero-order valence-corrected chi connectivity index (χ0v) is 17.1. The second kappa shape index (κ2) is 7.79. The van der Waals surface area contributed by atoms with Crippen LogP contribution in [0.25, 0.3) is 10.9 Å². The van der Waals surface area contributed by atoms with E-state index >= 15 is 0 Å². The van der Waals surface area contributed by atoms with Gasteiger partial charge in [-0.15, -0.1) is 0 Å². The van der Waals surface area contributed by atoms with E-state index in [1.54, 1.807) is 0 Å². The molecule has 2 aromatic heterocycles. The van der Waals surface area contributed by atoms with Crippen LogP contribution in [0, 0.1) is 6.92 Å². The van der Waals surface area contributed by atoms with Gasteiger partial charge < -0.3 is 9.88 Å². The molecule has 4 nitrogen and oxygen atoms in total. The number of hydrogen-bond acceptors (Lipinski definition) is 2. The van der Waals surface area contributed by atoms with Crippen molar-refractivity contribution in [3.05, 3.63) is 101 Å². The Hall–Kier alpha value is -3.40. The minimum Gasteiger partial charge on any atom is -0.356 e. The van der Waals surface area contributed by atoms with Gasteiger partial charge in [0.1, 0.15) is 6.04 Å². The molecule has 0 saturated heterocycles. The van der Waals surface area contributed by atoms with Crippen LogP contribution in [0.2, 0.25) is 0 Å². The highest BCUT2D eigenvalue weighted by Gasteiger charge is 2.35. The number of hydrogen-bond donors (Lipinski definition) is 1. The van der Waals surface area contributed by atoms with Gasteiger partial charge in [-0.05, 0) is 49.1 Å². The summed E-state index contributed by atoms with van der Waals surface area (Å²) < 4.78 is 0. The van der Waals surface area contributed by atoms with Crippen LogP contribution in [0.4, 0.5) is 0 Å². The lowest BCUT2D eigenvalue weighted by Gasteiger charge is -2.36. The van der Waals surface area contributed by atoms with E-state index in [4.69, 9.17) is 4.98 Å². The van der Waals surface area contributed by atoms with Crippen LogP contribution < -0.4 is 0 Å². The van der Waals surface area contributed by atoms with Crippen LogP contribution in [-0.2, 0) is 17.6 Å². The van der Waals surface area contributed by atoms with Crippen molar-refractivity contribution in [1.29, 1.82) is 0 Å². The molecule has 3 heterocycles. The van der Waals surface area contributed by atoms with E-state index in [1.165, 1.54) is 16.5 Å². The van der Waals surface area contributed by atoms with Crippen molar-refractivity contribution in [2.75, 3.05) is 6.54 Å². The third-order valence-electron chi connectivity index (χ3n) is 6.02. The van der Waals surface area contributed by atoms with Crippen molar-refractivity contribution in [3.63, 3.8) is 0 Å². The van der Waals surface area contributed by atoms with Gasteiger partial charge in [0.2, 0.25) is 5.91 Å². The summed E-state index contributed by atoms with van der Waals surface area (Å²) in [5.74, 6) is 0.177. The first-order valence-electron chi connectivity index (χ1n) is 10.6. The second-order valence-electron chi connectivity index (χ2n) is 7.99. The number of nitrogens with zero attached hydrogens (tertiary/aromatic N) is 2. The molecule has 4 heteroatoms. The van der Waals surface area contributed by atoms with Crippen molar-refractivity contribution in [3.8, 4) is 0 Å². The monoisotopic (exact) mass is 395 g/mol. The number of carbonyl (C=O) groups is 1. The predicted octanol–water partition coefficient (Wildman–Crippen LogP) is 4.98. The molecule has 1 aliphatic rings. The third kappa shape index (κ3) is 3.39. The molecule has 0 saturated carbocycles. The SMILES string of the molecule is Cc1cccc([C@@H]2c3[nH]c4ccccc4c3CCN2C(=O)CCc2ccccc2)n1. The fourth-order valence-corrected chi connectivity index (χ4v) is 4.57. The zero-order chi connectivity index (χ0) is 20.5. The average Bonchev–Trinajstić information content (AvgIpc) is 3.16. The van der Waals surface area contributed by atoms with Crippen LogP contribution in [0.15, 0.2) is 72.8 Å². The normalized spacial score (nSPS) is 15.9. The highest BCUT2D eigenvalue weighted by atomic mass is 16.2. The number of aromatic nitrogens is 2. The summed E-state index contributed by atoms with van der Waals surface area (Å²) in [7, 11) is 0. The molecule has 4 aromatic rings. The summed E-state index contributed by atoms with van der Waals surface area (Å²) in [5.41, 5.74) is 6.63. The summed E-state index contributed by atoms with van der Waals surface area (Å²) >= 11 is 0. The first kappa shape index (κ1) is 18.6. The molecule has 0 bridgehead atoms. The Morgan fingerprint density at radius 2 is 1.83 bits per heavy atom. The Bertz CT molecular complexity index is 1200. The summed E-state index contributed by atoms with van der Waals surface area (Å²) in [6.07, 6.45) is 2.12. The molecule has 0 fully saturated rings. The number of benzene rings is 2. The number of pyridine rings is 1. The Kier molecular flexibility index (Phi) is 4.83. The van der Waals surface area contributed by atoms with Crippen LogP contribution in [0.3, 0.4) is 0 Å². The molecule has 0 radical (unpaired) electrons. The molecule has 30 heavy (non-hydrogen) atoms. The van der Waals surface area contributed by atoms with Crippen molar-refractivity contribution in [1.82, 2.24) is 14.9 Å². The van der Waals surface area contributed by atoms with Gasteiger partial charge in [0, 0.05) is 35.3 Å². The van der Waals surface area contributed by atoms with E-state index in [-0.39, 0.29) is 11.9 Å². The fraction of sp³-hybridized carbons (Fsp3) is 0.231.